The third kappa shape index (κ3) is 3.31. The summed E-state index contributed by atoms with van der Waals surface area (Å²) < 4.78 is 1.24. The van der Waals surface area contributed by atoms with Crippen LogP contribution in [0, 0.1) is 11.8 Å². The predicted molar refractivity (Wildman–Crippen MR) is 122 cm³/mol. The zero-order chi connectivity index (χ0) is 18.8. The quantitative estimate of drug-likeness (QED) is 0.220. The lowest BCUT2D eigenvalue weighted by Crippen LogP contribution is -1.83. The lowest BCUT2D eigenvalue weighted by Gasteiger charge is -2.10. The lowest BCUT2D eigenvalue weighted by atomic mass is 10.0. The monoisotopic (exact) mass is 392 g/mol. The molecule has 0 radical (unpaired) electrons. The molecule has 0 nitrogen and oxygen atoms in total. The molecule has 0 fully saturated rings. The third-order valence-corrected chi connectivity index (χ3v) is 6.96. The molecule has 5 rings (SSSR count). The van der Waals surface area contributed by atoms with Gasteiger partial charge in [-0.2, -0.15) is 0 Å². The molecule has 4 aromatic carbocycles. The van der Waals surface area contributed by atoms with Crippen molar-refractivity contribution in [1.82, 2.24) is 0 Å². The Kier molecular flexibility index (Phi) is 4.62. The zero-order valence-corrected chi connectivity index (χ0v) is 16.7. The Hall–Kier alpha value is -2.99. The van der Waals surface area contributed by atoms with Gasteiger partial charge in [0.1, 0.15) is 0 Å². The fraction of sp³-hybridized carbons (Fsp3) is 0. The Balaban J connectivity index is 1.62. The Morgan fingerprint density at radius 1 is 0.643 bits per heavy atom. The molecule has 0 aliphatic carbocycles. The van der Waals surface area contributed by atoms with Crippen LogP contribution in [0.4, 0.5) is 0 Å². The Bertz CT molecular complexity index is 1280. The van der Waals surface area contributed by atoms with Crippen LogP contribution in [0.3, 0.4) is 0 Å². The fourth-order valence-corrected chi connectivity index (χ4v) is 5.49. The number of rotatable bonds is 2. The summed E-state index contributed by atoms with van der Waals surface area (Å²) >= 11 is 3.59. The van der Waals surface area contributed by atoms with E-state index in [2.05, 4.69) is 77.9 Å². The summed E-state index contributed by atoms with van der Waals surface area (Å²) in [7, 11) is 0. The van der Waals surface area contributed by atoms with Gasteiger partial charge in [0.15, 0.2) is 0 Å². The summed E-state index contributed by atoms with van der Waals surface area (Å²) in [5, 5.41) is 7.27. The molecule has 0 N–H and O–H groups in total. The van der Waals surface area contributed by atoms with E-state index in [0.717, 1.165) is 11.1 Å². The van der Waals surface area contributed by atoms with Crippen molar-refractivity contribution in [3.05, 3.63) is 108 Å². The first kappa shape index (κ1) is 17.1. The SMILES string of the molecule is C(#Cc1ccsc1Sc1c2ccccc2cc2ccccc12)c1ccccc1. The van der Waals surface area contributed by atoms with Gasteiger partial charge in [-0.15, -0.1) is 11.3 Å². The van der Waals surface area contributed by atoms with Crippen LogP contribution in [0.1, 0.15) is 11.1 Å². The van der Waals surface area contributed by atoms with Gasteiger partial charge in [0.25, 0.3) is 0 Å². The van der Waals surface area contributed by atoms with E-state index in [4.69, 9.17) is 0 Å². The average Bonchev–Trinajstić information content (AvgIpc) is 3.20. The van der Waals surface area contributed by atoms with Gasteiger partial charge in [-0.05, 0) is 51.2 Å². The summed E-state index contributed by atoms with van der Waals surface area (Å²) in [4.78, 5) is 1.30. The van der Waals surface area contributed by atoms with Crippen molar-refractivity contribution in [2.75, 3.05) is 0 Å². The van der Waals surface area contributed by atoms with Gasteiger partial charge < -0.3 is 0 Å². The third-order valence-electron chi connectivity index (χ3n) is 4.66. The summed E-state index contributed by atoms with van der Waals surface area (Å²) in [6.07, 6.45) is 0. The topological polar surface area (TPSA) is 0 Å². The standard InChI is InChI=1S/C26H16S2/c1-2-8-19(9-3-1)14-15-20-16-17-27-26(20)28-25-23-12-6-4-10-21(23)18-22-11-5-7-13-24(22)25/h1-13,16-18H. The second kappa shape index (κ2) is 7.56. The van der Waals surface area contributed by atoms with E-state index >= 15 is 0 Å². The molecule has 0 spiro atoms. The second-order valence-corrected chi connectivity index (χ2v) is 8.68. The zero-order valence-electron chi connectivity index (χ0n) is 15.1. The highest BCUT2D eigenvalue weighted by molar-refractivity contribution is 8.01. The molecule has 1 aromatic heterocycles. The van der Waals surface area contributed by atoms with E-state index in [0.29, 0.717) is 0 Å². The molecule has 0 aliphatic rings. The first-order valence-corrected chi connectivity index (χ1v) is 10.8. The molecule has 0 unspecified atom stereocenters. The van der Waals surface area contributed by atoms with Crippen molar-refractivity contribution < 1.29 is 0 Å². The van der Waals surface area contributed by atoms with E-state index < -0.39 is 0 Å². The number of benzene rings is 4. The highest BCUT2D eigenvalue weighted by Crippen LogP contribution is 2.42. The highest BCUT2D eigenvalue weighted by atomic mass is 32.2. The number of fused-ring (bicyclic) bond motifs is 2. The van der Waals surface area contributed by atoms with Crippen LogP contribution in [0.15, 0.2) is 105 Å². The highest BCUT2D eigenvalue weighted by Gasteiger charge is 2.12. The molecule has 0 atom stereocenters. The van der Waals surface area contributed by atoms with Crippen molar-refractivity contribution in [1.29, 1.82) is 0 Å². The van der Waals surface area contributed by atoms with Gasteiger partial charge in [0.2, 0.25) is 0 Å². The van der Waals surface area contributed by atoms with Crippen molar-refractivity contribution in [2.24, 2.45) is 0 Å². The van der Waals surface area contributed by atoms with Crippen molar-refractivity contribution in [2.45, 2.75) is 9.10 Å². The summed E-state index contributed by atoms with van der Waals surface area (Å²) in [6, 6.07) is 31.8. The smallest absolute Gasteiger partial charge is 0.0803 e. The van der Waals surface area contributed by atoms with E-state index in [1.54, 1.807) is 11.3 Å². The van der Waals surface area contributed by atoms with Crippen LogP contribution in [0.5, 0.6) is 0 Å². The molecule has 0 amide bonds. The maximum Gasteiger partial charge on any atom is 0.0803 e. The van der Waals surface area contributed by atoms with E-state index in [9.17, 15) is 0 Å². The van der Waals surface area contributed by atoms with Crippen LogP contribution in [-0.4, -0.2) is 0 Å². The molecule has 132 valence electrons. The first-order chi connectivity index (χ1) is 13.9. The number of hydrogen-bond donors (Lipinski definition) is 0. The molecular formula is C26H16S2. The minimum atomic E-state index is 1.04. The number of thiophene rings is 1. The van der Waals surface area contributed by atoms with Crippen LogP contribution < -0.4 is 0 Å². The van der Waals surface area contributed by atoms with E-state index in [1.165, 1.54) is 30.6 Å². The molecule has 28 heavy (non-hydrogen) atoms. The molecule has 1 heterocycles. The van der Waals surface area contributed by atoms with Gasteiger partial charge >= 0.3 is 0 Å². The van der Waals surface area contributed by atoms with Gasteiger partial charge in [-0.3, -0.25) is 0 Å². The van der Waals surface area contributed by atoms with Crippen LogP contribution in [0.25, 0.3) is 21.5 Å². The Morgan fingerprint density at radius 2 is 1.29 bits per heavy atom. The van der Waals surface area contributed by atoms with Crippen molar-refractivity contribution in [3.8, 4) is 11.8 Å². The van der Waals surface area contributed by atoms with Crippen LogP contribution in [-0.2, 0) is 0 Å². The molecule has 0 aliphatic heterocycles. The molecule has 2 heteroatoms. The van der Waals surface area contributed by atoms with Gasteiger partial charge in [0, 0.05) is 16.0 Å². The Labute approximate surface area is 172 Å². The first-order valence-electron chi connectivity index (χ1n) is 9.11. The van der Waals surface area contributed by atoms with E-state index in [1.807, 2.05) is 42.1 Å². The maximum atomic E-state index is 3.37. The second-order valence-electron chi connectivity index (χ2n) is 6.49. The predicted octanol–water partition coefficient (Wildman–Crippen LogP) is 7.61. The van der Waals surface area contributed by atoms with Gasteiger partial charge in [-0.1, -0.05) is 90.3 Å². The molecule has 0 saturated carbocycles. The maximum absolute atomic E-state index is 3.37. The lowest BCUT2D eigenvalue weighted by molar-refractivity contribution is 1.57. The van der Waals surface area contributed by atoms with Gasteiger partial charge in [0.05, 0.1) is 4.21 Å². The molecule has 0 bridgehead atoms. The normalized spacial score (nSPS) is 10.7. The molecule has 5 aromatic rings. The molecular weight excluding hydrogens is 376 g/mol. The minimum absolute atomic E-state index is 1.04. The summed E-state index contributed by atoms with van der Waals surface area (Å²) in [5.74, 6) is 6.66. The van der Waals surface area contributed by atoms with Crippen molar-refractivity contribution in [3.63, 3.8) is 0 Å². The average molecular weight is 393 g/mol. The number of hydrogen-bond acceptors (Lipinski definition) is 2. The van der Waals surface area contributed by atoms with Crippen molar-refractivity contribution >= 4 is 44.6 Å². The largest absolute Gasteiger partial charge is 0.136 e. The fourth-order valence-electron chi connectivity index (χ4n) is 3.30. The van der Waals surface area contributed by atoms with Crippen LogP contribution in [0.2, 0.25) is 0 Å². The minimum Gasteiger partial charge on any atom is -0.136 e. The summed E-state index contributed by atoms with van der Waals surface area (Å²) in [6.45, 7) is 0. The molecule has 0 saturated heterocycles. The Morgan fingerprint density at radius 3 is 2.00 bits per heavy atom. The van der Waals surface area contributed by atoms with Crippen LogP contribution >= 0.6 is 23.1 Å². The van der Waals surface area contributed by atoms with Gasteiger partial charge in [-0.25, -0.2) is 0 Å². The van der Waals surface area contributed by atoms with E-state index in [-0.39, 0.29) is 0 Å². The summed E-state index contributed by atoms with van der Waals surface area (Å²) in [5.41, 5.74) is 2.14.